The molecule has 39 heavy (non-hydrogen) atoms. The normalized spacial score (nSPS) is 14.6. The average Bonchev–Trinajstić information content (AvgIpc) is 3.54. The van der Waals surface area contributed by atoms with Crippen molar-refractivity contribution in [2.75, 3.05) is 44.6 Å². The zero-order valence-corrected chi connectivity index (χ0v) is 22.9. The van der Waals surface area contributed by atoms with Crippen LogP contribution in [0.25, 0.3) is 11.4 Å². The number of nitrogens with one attached hydrogen (secondary N) is 3. The third-order valence-corrected chi connectivity index (χ3v) is 7.47. The molecule has 0 bridgehead atoms. The first kappa shape index (κ1) is 26.7. The Morgan fingerprint density at radius 3 is 2.38 bits per heavy atom. The molecule has 4 aromatic rings. The van der Waals surface area contributed by atoms with Crippen molar-refractivity contribution >= 4 is 11.6 Å². The van der Waals surface area contributed by atoms with Crippen molar-refractivity contribution < 1.29 is 4.79 Å². The molecular formula is C32H38N6O. The van der Waals surface area contributed by atoms with E-state index in [-0.39, 0.29) is 11.9 Å². The monoisotopic (exact) mass is 522 g/mol. The van der Waals surface area contributed by atoms with Crippen LogP contribution in [0.4, 0.5) is 5.69 Å². The summed E-state index contributed by atoms with van der Waals surface area (Å²) < 4.78 is 0. The van der Waals surface area contributed by atoms with Gasteiger partial charge in [0.15, 0.2) is 0 Å². The lowest BCUT2D eigenvalue weighted by Crippen LogP contribution is -2.45. The van der Waals surface area contributed by atoms with E-state index in [1.807, 2.05) is 37.1 Å². The third-order valence-electron chi connectivity index (χ3n) is 7.47. The highest BCUT2D eigenvalue weighted by Gasteiger charge is 2.24. The van der Waals surface area contributed by atoms with Crippen LogP contribution in [0.1, 0.15) is 46.9 Å². The molecule has 7 nitrogen and oxygen atoms in total. The first-order valence-electron chi connectivity index (χ1n) is 13.9. The Kier molecular flexibility index (Phi) is 8.71. The first-order valence-corrected chi connectivity index (χ1v) is 13.9. The fourth-order valence-electron chi connectivity index (χ4n) is 5.28. The third kappa shape index (κ3) is 6.38. The summed E-state index contributed by atoms with van der Waals surface area (Å²) in [5, 5.41) is 7.08. The van der Waals surface area contributed by atoms with Crippen LogP contribution >= 0.6 is 0 Å². The summed E-state index contributed by atoms with van der Waals surface area (Å²) >= 11 is 0. The SMILES string of the molecule is CCN(CC)C(=O)c1ccc(C(c2cccc(NCc3ccc(-c4ncc[nH]4)cc3)c2)N2CCNCC2)cc1. The van der Waals surface area contributed by atoms with E-state index >= 15 is 0 Å². The Labute approximate surface area is 231 Å². The molecule has 3 N–H and O–H groups in total. The number of rotatable bonds is 10. The van der Waals surface area contributed by atoms with Crippen LogP contribution in [0.15, 0.2) is 85.2 Å². The molecule has 0 radical (unpaired) electrons. The van der Waals surface area contributed by atoms with Crippen LogP contribution in [0.2, 0.25) is 0 Å². The number of hydrogen-bond acceptors (Lipinski definition) is 5. The molecule has 7 heteroatoms. The van der Waals surface area contributed by atoms with Gasteiger partial charge in [0, 0.05) is 75.0 Å². The van der Waals surface area contributed by atoms with Crippen molar-refractivity contribution in [1.82, 2.24) is 25.1 Å². The van der Waals surface area contributed by atoms with E-state index in [1.54, 1.807) is 6.20 Å². The number of H-pyrrole nitrogens is 1. The summed E-state index contributed by atoms with van der Waals surface area (Å²) in [5.41, 5.74) is 6.58. The minimum atomic E-state index is 0.0914. The van der Waals surface area contributed by atoms with Crippen LogP contribution in [0, 0.1) is 0 Å². The van der Waals surface area contributed by atoms with Crippen molar-refractivity contribution in [3.05, 3.63) is 107 Å². The number of benzene rings is 3. The van der Waals surface area contributed by atoms with Gasteiger partial charge in [-0.2, -0.15) is 0 Å². The standard InChI is InChI=1S/C32H38N6O/c1-3-37(4-2)32(39)27-14-12-25(13-15-27)30(38-20-18-33-19-21-38)28-6-5-7-29(22-28)36-23-24-8-10-26(11-9-24)31-34-16-17-35-31/h5-17,22,30,33,36H,3-4,18-21,23H2,1-2H3,(H,34,35). The number of carbonyl (C=O) groups is 1. The summed E-state index contributed by atoms with van der Waals surface area (Å²) in [4.78, 5) is 24.7. The molecular weight excluding hydrogens is 484 g/mol. The van der Waals surface area contributed by atoms with E-state index in [1.165, 1.54) is 16.7 Å². The zero-order chi connectivity index (χ0) is 27.0. The molecule has 1 amide bonds. The molecule has 202 valence electrons. The van der Waals surface area contributed by atoms with Crippen LogP contribution < -0.4 is 10.6 Å². The summed E-state index contributed by atoms with van der Waals surface area (Å²) in [6, 6.07) is 25.6. The summed E-state index contributed by atoms with van der Waals surface area (Å²) in [6.45, 7) is 10.1. The van der Waals surface area contributed by atoms with E-state index in [9.17, 15) is 4.79 Å². The van der Waals surface area contributed by atoms with Crippen LogP contribution in [-0.2, 0) is 6.54 Å². The molecule has 1 aliphatic rings. The minimum absolute atomic E-state index is 0.0914. The fourth-order valence-corrected chi connectivity index (χ4v) is 5.28. The van der Waals surface area contributed by atoms with Gasteiger partial charge in [-0.15, -0.1) is 0 Å². The quantitative estimate of drug-likeness (QED) is 0.268. The number of aromatic amines is 1. The van der Waals surface area contributed by atoms with Gasteiger partial charge in [-0.05, 0) is 54.8 Å². The smallest absolute Gasteiger partial charge is 0.253 e. The lowest BCUT2D eigenvalue weighted by Gasteiger charge is -2.36. The van der Waals surface area contributed by atoms with Gasteiger partial charge >= 0.3 is 0 Å². The Bertz CT molecular complexity index is 1320. The van der Waals surface area contributed by atoms with E-state index < -0.39 is 0 Å². The molecule has 5 rings (SSSR count). The van der Waals surface area contributed by atoms with Gasteiger partial charge in [-0.1, -0.05) is 48.5 Å². The molecule has 1 saturated heterocycles. The Morgan fingerprint density at radius 2 is 1.72 bits per heavy atom. The van der Waals surface area contributed by atoms with E-state index in [0.29, 0.717) is 13.1 Å². The van der Waals surface area contributed by atoms with Crippen molar-refractivity contribution in [3.63, 3.8) is 0 Å². The fraction of sp³-hybridized carbons (Fsp3) is 0.312. The molecule has 1 unspecified atom stereocenters. The summed E-state index contributed by atoms with van der Waals surface area (Å²) in [7, 11) is 0. The summed E-state index contributed by atoms with van der Waals surface area (Å²) in [6.07, 6.45) is 3.61. The maximum Gasteiger partial charge on any atom is 0.253 e. The lowest BCUT2D eigenvalue weighted by atomic mass is 9.95. The second-order valence-electron chi connectivity index (χ2n) is 9.90. The number of aromatic nitrogens is 2. The molecule has 2 heterocycles. The topological polar surface area (TPSA) is 76.3 Å². The van der Waals surface area contributed by atoms with Gasteiger partial charge in [-0.3, -0.25) is 9.69 Å². The summed E-state index contributed by atoms with van der Waals surface area (Å²) in [5.74, 6) is 0.972. The molecule has 1 fully saturated rings. The van der Waals surface area contributed by atoms with Crippen molar-refractivity contribution in [3.8, 4) is 11.4 Å². The predicted octanol–water partition coefficient (Wildman–Crippen LogP) is 5.17. The van der Waals surface area contributed by atoms with E-state index in [4.69, 9.17) is 0 Å². The van der Waals surface area contributed by atoms with Crippen molar-refractivity contribution in [1.29, 1.82) is 0 Å². The second-order valence-corrected chi connectivity index (χ2v) is 9.90. The highest BCUT2D eigenvalue weighted by atomic mass is 16.2. The number of imidazole rings is 1. The van der Waals surface area contributed by atoms with Gasteiger partial charge in [-0.25, -0.2) is 4.98 Å². The van der Waals surface area contributed by atoms with Crippen molar-refractivity contribution in [2.24, 2.45) is 0 Å². The highest BCUT2D eigenvalue weighted by molar-refractivity contribution is 5.94. The highest BCUT2D eigenvalue weighted by Crippen LogP contribution is 2.31. The molecule has 1 aliphatic heterocycles. The molecule has 1 aromatic heterocycles. The van der Waals surface area contributed by atoms with E-state index in [0.717, 1.165) is 55.4 Å². The van der Waals surface area contributed by atoms with Gasteiger partial charge < -0.3 is 20.5 Å². The number of carbonyl (C=O) groups excluding carboxylic acids is 1. The number of hydrogen-bond donors (Lipinski definition) is 3. The van der Waals surface area contributed by atoms with Gasteiger partial charge in [0.05, 0.1) is 6.04 Å². The van der Waals surface area contributed by atoms with Gasteiger partial charge in [0.2, 0.25) is 0 Å². The van der Waals surface area contributed by atoms with Crippen LogP contribution in [0.3, 0.4) is 0 Å². The zero-order valence-electron chi connectivity index (χ0n) is 22.9. The number of piperazine rings is 1. The van der Waals surface area contributed by atoms with Crippen LogP contribution in [-0.4, -0.2) is 64.9 Å². The van der Waals surface area contributed by atoms with Crippen molar-refractivity contribution in [2.45, 2.75) is 26.4 Å². The van der Waals surface area contributed by atoms with Crippen LogP contribution in [0.5, 0.6) is 0 Å². The maximum absolute atomic E-state index is 12.9. The minimum Gasteiger partial charge on any atom is -0.381 e. The molecule has 0 spiro atoms. The Hall–Kier alpha value is -3.94. The maximum atomic E-state index is 12.9. The number of nitrogens with zero attached hydrogens (tertiary/aromatic N) is 3. The molecule has 0 saturated carbocycles. The van der Waals surface area contributed by atoms with E-state index in [2.05, 4.69) is 86.2 Å². The van der Waals surface area contributed by atoms with Gasteiger partial charge in [0.1, 0.15) is 5.82 Å². The first-order chi connectivity index (χ1) is 19.2. The molecule has 3 aromatic carbocycles. The number of anilines is 1. The van der Waals surface area contributed by atoms with Gasteiger partial charge in [0.25, 0.3) is 5.91 Å². The Balaban J connectivity index is 1.34. The Morgan fingerprint density at radius 1 is 0.974 bits per heavy atom. The lowest BCUT2D eigenvalue weighted by molar-refractivity contribution is 0.0773. The molecule has 0 aliphatic carbocycles. The largest absolute Gasteiger partial charge is 0.381 e. The number of amides is 1. The average molecular weight is 523 g/mol. The molecule has 1 atom stereocenters. The predicted molar refractivity (Wildman–Crippen MR) is 158 cm³/mol. The second kappa shape index (κ2) is 12.7.